The topological polar surface area (TPSA) is 69.9 Å². The summed E-state index contributed by atoms with van der Waals surface area (Å²) in [5.74, 6) is 0. The number of nitrogens with zero attached hydrogens (tertiary/aromatic N) is 1. The maximum absolute atomic E-state index is 10.9. The van der Waals surface area contributed by atoms with E-state index in [-0.39, 0.29) is 15.5 Å². The lowest BCUT2D eigenvalue weighted by molar-refractivity contribution is 0.254. The molecule has 2 amide bonds. The van der Waals surface area contributed by atoms with Crippen LogP contribution in [0.1, 0.15) is 0 Å². The van der Waals surface area contributed by atoms with Gasteiger partial charge < -0.3 is 0 Å². The van der Waals surface area contributed by atoms with Crippen LogP contribution in [0.2, 0.25) is 10.0 Å². The van der Waals surface area contributed by atoms with Crippen molar-refractivity contribution < 1.29 is 4.79 Å². The molecule has 0 bridgehead atoms. The number of carbonyl (C=O) groups is 1. The summed E-state index contributed by atoms with van der Waals surface area (Å²) >= 11 is 14.9. The molecule has 14 heavy (non-hydrogen) atoms. The van der Waals surface area contributed by atoms with E-state index in [2.05, 4.69) is 18.2 Å². The molecule has 76 valence electrons. The number of amides is 2. The van der Waals surface area contributed by atoms with Gasteiger partial charge in [0.1, 0.15) is 5.02 Å². The fourth-order valence-electron chi connectivity index (χ4n) is 0.734. The van der Waals surface area contributed by atoms with Crippen molar-refractivity contribution in [2.45, 2.75) is 0 Å². The van der Waals surface area contributed by atoms with E-state index in [4.69, 9.17) is 28.6 Å². The van der Waals surface area contributed by atoms with Gasteiger partial charge in [0, 0.05) is 6.20 Å². The Labute approximate surface area is 95.0 Å². The Bertz CT molecular complexity index is 419. The molecular formula is C6H6Cl2N4OS. The maximum atomic E-state index is 10.9. The van der Waals surface area contributed by atoms with Gasteiger partial charge in [-0.3, -0.25) is 10.1 Å². The van der Waals surface area contributed by atoms with Crippen molar-refractivity contribution in [1.29, 1.82) is 5.41 Å². The molecule has 0 aliphatic carbocycles. The summed E-state index contributed by atoms with van der Waals surface area (Å²) in [7, 11) is 0. The highest BCUT2D eigenvalue weighted by atomic mass is 35.5. The van der Waals surface area contributed by atoms with Gasteiger partial charge in [-0.15, -0.1) is 0 Å². The summed E-state index contributed by atoms with van der Waals surface area (Å²) < 4.78 is 3.15. The summed E-state index contributed by atoms with van der Waals surface area (Å²) in [6.07, 6.45) is 1.40. The highest BCUT2D eigenvalue weighted by molar-refractivity contribution is 7.78. The van der Waals surface area contributed by atoms with Crippen LogP contribution in [0, 0.1) is 5.41 Å². The van der Waals surface area contributed by atoms with Gasteiger partial charge in [-0.2, -0.15) is 0 Å². The quantitative estimate of drug-likeness (QED) is 0.561. The lowest BCUT2D eigenvalue weighted by Crippen LogP contribution is -2.36. The maximum Gasteiger partial charge on any atom is 0.343 e. The molecule has 0 saturated carbocycles. The molecule has 1 heterocycles. The molecule has 0 aromatic carbocycles. The third-order valence-corrected chi connectivity index (χ3v) is 2.35. The van der Waals surface area contributed by atoms with Crippen molar-refractivity contribution in [3.63, 3.8) is 0 Å². The molecule has 0 spiro atoms. The molecule has 0 radical (unpaired) electrons. The fraction of sp³-hybridized carbons (Fsp3) is 0. The zero-order valence-electron chi connectivity index (χ0n) is 6.71. The number of urea groups is 1. The molecule has 0 aliphatic rings. The number of hydrogen-bond donors (Lipinski definition) is 4. The minimum atomic E-state index is -0.578. The molecule has 1 aromatic rings. The zero-order chi connectivity index (χ0) is 10.7. The molecule has 5 nitrogen and oxygen atoms in total. The SMILES string of the molecule is N=c1c(Cl)c(Cl)ccn1NC(=O)NS. The first kappa shape index (κ1) is 11.2. The Morgan fingerprint density at radius 3 is 2.79 bits per heavy atom. The average molecular weight is 253 g/mol. The number of rotatable bonds is 1. The van der Waals surface area contributed by atoms with Gasteiger partial charge in [0.05, 0.1) is 5.02 Å². The molecule has 8 heteroatoms. The lowest BCUT2D eigenvalue weighted by Gasteiger charge is -2.08. The number of carbonyl (C=O) groups excluding carboxylic acids is 1. The largest absolute Gasteiger partial charge is 0.343 e. The van der Waals surface area contributed by atoms with Gasteiger partial charge in [0.25, 0.3) is 0 Å². The second-order valence-corrected chi connectivity index (χ2v) is 3.26. The normalized spacial score (nSPS) is 9.64. The van der Waals surface area contributed by atoms with Gasteiger partial charge >= 0.3 is 6.03 Å². The van der Waals surface area contributed by atoms with E-state index >= 15 is 0 Å². The Hall–Kier alpha value is -0.850. The molecule has 1 aromatic heterocycles. The van der Waals surface area contributed by atoms with E-state index < -0.39 is 6.03 Å². The van der Waals surface area contributed by atoms with E-state index in [0.717, 1.165) is 4.68 Å². The average Bonchev–Trinajstić information content (AvgIpc) is 2.19. The van der Waals surface area contributed by atoms with Gasteiger partial charge in [-0.1, -0.05) is 36.0 Å². The summed E-state index contributed by atoms with van der Waals surface area (Å²) in [5, 5.41) is 7.80. The third kappa shape index (κ3) is 2.34. The first-order valence-corrected chi connectivity index (χ1v) is 4.59. The van der Waals surface area contributed by atoms with Gasteiger partial charge in [-0.25, -0.2) is 14.9 Å². The van der Waals surface area contributed by atoms with Crippen LogP contribution >= 0.6 is 36.0 Å². The van der Waals surface area contributed by atoms with Crippen LogP contribution in [-0.4, -0.2) is 10.7 Å². The van der Waals surface area contributed by atoms with Gasteiger partial charge in [0.15, 0.2) is 5.49 Å². The van der Waals surface area contributed by atoms with Crippen LogP contribution in [0.3, 0.4) is 0 Å². The first-order chi connectivity index (χ1) is 6.56. The van der Waals surface area contributed by atoms with Crippen molar-refractivity contribution in [3.8, 4) is 0 Å². The third-order valence-electron chi connectivity index (χ3n) is 1.35. The van der Waals surface area contributed by atoms with Crippen LogP contribution < -0.4 is 15.6 Å². The number of aromatic nitrogens is 1. The molecule has 0 saturated heterocycles. The number of hydrogen-bond acceptors (Lipinski definition) is 3. The first-order valence-electron chi connectivity index (χ1n) is 3.38. The fourth-order valence-corrected chi connectivity index (χ4v) is 1.08. The molecule has 0 aliphatic heterocycles. The minimum absolute atomic E-state index is 0.0635. The van der Waals surface area contributed by atoms with Crippen LogP contribution in [0.5, 0.6) is 0 Å². The Morgan fingerprint density at radius 2 is 2.21 bits per heavy atom. The molecule has 0 atom stereocenters. The van der Waals surface area contributed by atoms with Gasteiger partial charge in [0.2, 0.25) is 0 Å². The number of halogens is 2. The van der Waals surface area contributed by atoms with E-state index in [0.29, 0.717) is 0 Å². The van der Waals surface area contributed by atoms with E-state index in [1.54, 1.807) is 0 Å². The van der Waals surface area contributed by atoms with Crippen molar-refractivity contribution in [2.24, 2.45) is 0 Å². The number of nitrogens with one attached hydrogen (secondary N) is 3. The zero-order valence-corrected chi connectivity index (χ0v) is 9.12. The summed E-state index contributed by atoms with van der Waals surface area (Å²) in [4.78, 5) is 10.9. The second kappa shape index (κ2) is 4.59. The Morgan fingerprint density at radius 1 is 1.57 bits per heavy atom. The van der Waals surface area contributed by atoms with Crippen LogP contribution in [0.25, 0.3) is 0 Å². The van der Waals surface area contributed by atoms with Crippen LogP contribution in [0.15, 0.2) is 12.3 Å². The molecule has 0 fully saturated rings. The predicted molar refractivity (Wildman–Crippen MR) is 57.2 cm³/mol. The summed E-state index contributed by atoms with van der Waals surface area (Å²) in [5.41, 5.74) is 2.17. The summed E-state index contributed by atoms with van der Waals surface area (Å²) in [6, 6.07) is 0.881. The minimum Gasteiger partial charge on any atom is -0.283 e. The monoisotopic (exact) mass is 252 g/mol. The lowest BCUT2D eigenvalue weighted by atomic mass is 10.5. The predicted octanol–water partition coefficient (Wildman–Crippen LogP) is 1.37. The highest BCUT2D eigenvalue weighted by Gasteiger charge is 2.04. The van der Waals surface area contributed by atoms with Crippen LogP contribution in [-0.2, 0) is 0 Å². The summed E-state index contributed by atoms with van der Waals surface area (Å²) in [6.45, 7) is 0. The standard InChI is InChI=1S/C6H6Cl2N4OS/c7-3-1-2-12(5(9)4(3)8)10-6(13)11-14/h1-2,9,14H,(H2,10,11,13). The highest BCUT2D eigenvalue weighted by Crippen LogP contribution is 2.15. The molecule has 0 unspecified atom stereocenters. The molecule has 1 rings (SSSR count). The van der Waals surface area contributed by atoms with Crippen LogP contribution in [0.4, 0.5) is 4.79 Å². The van der Waals surface area contributed by atoms with E-state index in [1.807, 2.05) is 4.72 Å². The molecule has 3 N–H and O–H groups in total. The second-order valence-electron chi connectivity index (χ2n) is 2.25. The number of pyridine rings is 1. The van der Waals surface area contributed by atoms with Crippen molar-refractivity contribution in [2.75, 3.05) is 5.43 Å². The Balaban J connectivity index is 3.06. The smallest absolute Gasteiger partial charge is 0.283 e. The number of thiol groups is 1. The molecular weight excluding hydrogens is 247 g/mol. The van der Waals surface area contributed by atoms with Crippen molar-refractivity contribution >= 4 is 42.0 Å². The van der Waals surface area contributed by atoms with Crippen molar-refractivity contribution in [3.05, 3.63) is 27.8 Å². The van der Waals surface area contributed by atoms with E-state index in [9.17, 15) is 4.79 Å². The Kier molecular flexibility index (Phi) is 3.68. The van der Waals surface area contributed by atoms with Gasteiger partial charge in [-0.05, 0) is 6.07 Å². The van der Waals surface area contributed by atoms with Crippen molar-refractivity contribution in [1.82, 2.24) is 9.40 Å². The van der Waals surface area contributed by atoms with E-state index in [1.165, 1.54) is 12.3 Å².